The van der Waals surface area contributed by atoms with Crippen LogP contribution in [-0.4, -0.2) is 31.0 Å². The number of methoxy groups -OCH3 is 1. The van der Waals surface area contributed by atoms with Gasteiger partial charge in [0.15, 0.2) is 0 Å². The average Bonchev–Trinajstić information content (AvgIpc) is 2.20. The molecule has 1 saturated carbocycles. The molecular formula is C11H20BrNO2. The molecule has 0 spiro atoms. The van der Waals surface area contributed by atoms with Crippen LogP contribution in [0.15, 0.2) is 0 Å². The Hall–Kier alpha value is -0.0900. The Morgan fingerprint density at radius 3 is 2.67 bits per heavy atom. The predicted molar refractivity (Wildman–Crippen MR) is 64.2 cm³/mol. The molecule has 1 N–H and O–H groups in total. The van der Waals surface area contributed by atoms with E-state index in [1.807, 2.05) is 0 Å². The first-order valence-corrected chi connectivity index (χ1v) is 6.48. The fourth-order valence-corrected chi connectivity index (χ4v) is 2.42. The van der Waals surface area contributed by atoms with Gasteiger partial charge < -0.3 is 10.1 Å². The third kappa shape index (κ3) is 3.45. The summed E-state index contributed by atoms with van der Waals surface area (Å²) in [5.41, 5.74) is 0.503. The quantitative estimate of drug-likeness (QED) is 0.597. The van der Waals surface area contributed by atoms with Gasteiger partial charge in [-0.3, -0.25) is 4.79 Å². The van der Waals surface area contributed by atoms with Crippen LogP contribution in [0.1, 0.15) is 32.6 Å². The third-order valence-electron chi connectivity index (χ3n) is 3.44. The van der Waals surface area contributed by atoms with Gasteiger partial charge in [-0.1, -0.05) is 29.3 Å². The standard InChI is InChI=1S/C11H20BrNO2/c1-3-11(5-4-6-11)8-13-7-9(12)10(14)15-2/h9,13H,3-8H2,1-2H3. The highest BCUT2D eigenvalue weighted by Gasteiger charge is 2.34. The number of halogens is 1. The number of rotatable bonds is 6. The molecular weight excluding hydrogens is 258 g/mol. The predicted octanol–water partition coefficient (Wildman–Crippen LogP) is 2.09. The summed E-state index contributed by atoms with van der Waals surface area (Å²) >= 11 is 3.30. The number of nitrogens with one attached hydrogen (secondary N) is 1. The molecule has 1 aliphatic rings. The van der Waals surface area contributed by atoms with Gasteiger partial charge in [-0.15, -0.1) is 0 Å². The molecule has 0 radical (unpaired) electrons. The summed E-state index contributed by atoms with van der Waals surface area (Å²) in [6.45, 7) is 3.91. The van der Waals surface area contributed by atoms with Gasteiger partial charge in [0.25, 0.3) is 0 Å². The van der Waals surface area contributed by atoms with Crippen molar-refractivity contribution in [3.05, 3.63) is 0 Å². The molecule has 0 saturated heterocycles. The van der Waals surface area contributed by atoms with Crippen molar-refractivity contribution in [2.24, 2.45) is 5.41 Å². The van der Waals surface area contributed by atoms with E-state index >= 15 is 0 Å². The summed E-state index contributed by atoms with van der Waals surface area (Å²) in [6.07, 6.45) is 5.22. The van der Waals surface area contributed by atoms with Gasteiger partial charge in [-0.2, -0.15) is 0 Å². The van der Waals surface area contributed by atoms with E-state index in [2.05, 4.69) is 32.9 Å². The molecule has 1 fully saturated rings. The highest BCUT2D eigenvalue weighted by Crippen LogP contribution is 2.42. The second kappa shape index (κ2) is 5.85. The topological polar surface area (TPSA) is 38.3 Å². The van der Waals surface area contributed by atoms with E-state index in [9.17, 15) is 4.79 Å². The molecule has 0 aromatic rings. The number of ether oxygens (including phenoxy) is 1. The van der Waals surface area contributed by atoms with Crippen LogP contribution in [0.2, 0.25) is 0 Å². The first-order valence-electron chi connectivity index (χ1n) is 5.56. The molecule has 0 aliphatic heterocycles. The Labute approximate surface area is 100 Å². The fourth-order valence-electron chi connectivity index (χ4n) is 2.01. The van der Waals surface area contributed by atoms with Gasteiger partial charge in [0.2, 0.25) is 0 Å². The zero-order chi connectivity index (χ0) is 11.3. The molecule has 4 heteroatoms. The monoisotopic (exact) mass is 277 g/mol. The maximum atomic E-state index is 11.1. The van der Waals surface area contributed by atoms with Crippen LogP contribution < -0.4 is 5.32 Å². The van der Waals surface area contributed by atoms with Crippen LogP contribution in [0.4, 0.5) is 0 Å². The molecule has 88 valence electrons. The van der Waals surface area contributed by atoms with E-state index in [1.54, 1.807) is 0 Å². The Kier molecular flexibility index (Phi) is 5.06. The second-order valence-corrected chi connectivity index (χ2v) is 5.43. The molecule has 1 rings (SSSR count). The lowest BCUT2D eigenvalue weighted by molar-refractivity contribution is -0.139. The van der Waals surface area contributed by atoms with Gasteiger partial charge in [0.1, 0.15) is 4.83 Å². The van der Waals surface area contributed by atoms with Crippen molar-refractivity contribution < 1.29 is 9.53 Å². The summed E-state index contributed by atoms with van der Waals surface area (Å²) in [6, 6.07) is 0. The molecule has 0 amide bonds. The summed E-state index contributed by atoms with van der Waals surface area (Å²) < 4.78 is 4.64. The molecule has 0 heterocycles. The number of esters is 1. The number of carbonyl (C=O) groups is 1. The molecule has 1 unspecified atom stereocenters. The first kappa shape index (κ1) is 13.0. The van der Waals surface area contributed by atoms with E-state index in [0.29, 0.717) is 12.0 Å². The van der Waals surface area contributed by atoms with E-state index in [-0.39, 0.29) is 10.8 Å². The van der Waals surface area contributed by atoms with E-state index in [0.717, 1.165) is 6.54 Å². The van der Waals surface area contributed by atoms with Crippen molar-refractivity contribution >= 4 is 21.9 Å². The van der Waals surface area contributed by atoms with Crippen molar-refractivity contribution in [1.29, 1.82) is 0 Å². The molecule has 0 bridgehead atoms. The normalized spacial score (nSPS) is 20.5. The molecule has 1 atom stereocenters. The smallest absolute Gasteiger partial charge is 0.320 e. The summed E-state index contributed by atoms with van der Waals surface area (Å²) in [5.74, 6) is -0.207. The average molecular weight is 278 g/mol. The molecule has 3 nitrogen and oxygen atoms in total. The van der Waals surface area contributed by atoms with E-state index < -0.39 is 0 Å². The number of alkyl halides is 1. The Balaban J connectivity index is 2.18. The van der Waals surface area contributed by atoms with Crippen LogP contribution >= 0.6 is 15.9 Å². The largest absolute Gasteiger partial charge is 0.468 e. The molecule has 1 aliphatic carbocycles. The van der Waals surface area contributed by atoms with Gasteiger partial charge in [0.05, 0.1) is 7.11 Å². The Bertz CT molecular complexity index is 211. The third-order valence-corrected chi connectivity index (χ3v) is 4.14. The van der Waals surface area contributed by atoms with Crippen LogP contribution in [0.3, 0.4) is 0 Å². The zero-order valence-corrected chi connectivity index (χ0v) is 11.1. The number of hydrogen-bond donors (Lipinski definition) is 1. The summed E-state index contributed by atoms with van der Waals surface area (Å²) in [4.78, 5) is 10.9. The number of hydrogen-bond acceptors (Lipinski definition) is 3. The summed E-state index contributed by atoms with van der Waals surface area (Å²) in [7, 11) is 1.41. The van der Waals surface area contributed by atoms with Crippen LogP contribution in [0.5, 0.6) is 0 Å². The molecule has 15 heavy (non-hydrogen) atoms. The highest BCUT2D eigenvalue weighted by molar-refractivity contribution is 9.10. The first-order chi connectivity index (χ1) is 7.13. The van der Waals surface area contributed by atoms with Gasteiger partial charge >= 0.3 is 5.97 Å². The van der Waals surface area contributed by atoms with Crippen LogP contribution in [0.25, 0.3) is 0 Å². The maximum Gasteiger partial charge on any atom is 0.320 e. The van der Waals surface area contributed by atoms with Crippen molar-refractivity contribution in [3.63, 3.8) is 0 Å². The van der Waals surface area contributed by atoms with Crippen LogP contribution in [-0.2, 0) is 9.53 Å². The lowest BCUT2D eigenvalue weighted by Crippen LogP contribution is -2.42. The van der Waals surface area contributed by atoms with Crippen molar-refractivity contribution in [3.8, 4) is 0 Å². The minimum absolute atomic E-state index is 0.207. The molecule has 0 aromatic carbocycles. The molecule has 0 aromatic heterocycles. The van der Waals surface area contributed by atoms with Crippen molar-refractivity contribution in [2.75, 3.05) is 20.2 Å². The minimum atomic E-state index is -0.225. The fraction of sp³-hybridized carbons (Fsp3) is 0.909. The Morgan fingerprint density at radius 1 is 1.60 bits per heavy atom. The van der Waals surface area contributed by atoms with Crippen molar-refractivity contribution in [1.82, 2.24) is 5.32 Å². The van der Waals surface area contributed by atoms with Gasteiger partial charge in [-0.05, 0) is 24.7 Å². The minimum Gasteiger partial charge on any atom is -0.468 e. The number of carbonyl (C=O) groups excluding carboxylic acids is 1. The van der Waals surface area contributed by atoms with Crippen LogP contribution in [0, 0.1) is 5.41 Å². The summed E-state index contributed by atoms with van der Waals surface area (Å²) in [5, 5.41) is 3.35. The van der Waals surface area contributed by atoms with Gasteiger partial charge in [0, 0.05) is 13.1 Å². The Morgan fingerprint density at radius 2 is 2.27 bits per heavy atom. The SMILES string of the molecule is CCC1(CNCC(Br)C(=O)OC)CCC1. The maximum absolute atomic E-state index is 11.1. The van der Waals surface area contributed by atoms with E-state index in [1.165, 1.54) is 32.8 Å². The lowest BCUT2D eigenvalue weighted by atomic mass is 9.67. The van der Waals surface area contributed by atoms with Gasteiger partial charge in [-0.25, -0.2) is 0 Å². The second-order valence-electron chi connectivity index (χ2n) is 4.33. The van der Waals surface area contributed by atoms with E-state index in [4.69, 9.17) is 0 Å². The zero-order valence-electron chi connectivity index (χ0n) is 9.51. The highest BCUT2D eigenvalue weighted by atomic mass is 79.9. The lowest BCUT2D eigenvalue weighted by Gasteiger charge is -2.41. The van der Waals surface area contributed by atoms with Crippen molar-refractivity contribution in [2.45, 2.75) is 37.4 Å².